The molecule has 0 fully saturated rings. The molecule has 2 aromatic rings. The van der Waals surface area contributed by atoms with Crippen LogP contribution in [0.1, 0.15) is 54.0 Å². The molecule has 0 aromatic heterocycles. The van der Waals surface area contributed by atoms with Crippen LogP contribution in [0.2, 0.25) is 0 Å². The highest BCUT2D eigenvalue weighted by Crippen LogP contribution is 2.30. The number of hydrogen-bond donors (Lipinski definition) is 3. The molecule has 178 valence electrons. The van der Waals surface area contributed by atoms with Crippen LogP contribution in [0.5, 0.6) is 0 Å². The summed E-state index contributed by atoms with van der Waals surface area (Å²) in [7, 11) is 0. The van der Waals surface area contributed by atoms with Gasteiger partial charge in [0.2, 0.25) is 3.79 Å². The average molecular weight is 531 g/mol. The SMILES string of the molecule is CCOC(=O)c1ccccc1NC(=S)NC(NC(=O)c1ccc(C(C)(C)C)cc1)C(Cl)(Cl)Cl. The van der Waals surface area contributed by atoms with Crippen LogP contribution in [0, 0.1) is 0 Å². The topological polar surface area (TPSA) is 79.5 Å². The number of halogens is 3. The standard InChI is InChI=1S/C23H26Cl3N3O3S/c1-5-32-19(31)16-8-6-7-9-17(16)27-21(33)29-20(23(24,25)26)28-18(30)14-10-12-15(13-11-14)22(2,3)4/h6-13,20H,5H2,1-4H3,(H,28,30)(H2,27,29,33). The zero-order chi connectivity index (χ0) is 24.8. The predicted octanol–water partition coefficient (Wildman–Crippen LogP) is 5.57. The molecule has 33 heavy (non-hydrogen) atoms. The van der Waals surface area contributed by atoms with Gasteiger partial charge in [-0.1, -0.05) is 79.8 Å². The Morgan fingerprint density at radius 3 is 2.15 bits per heavy atom. The van der Waals surface area contributed by atoms with Crippen molar-refractivity contribution in [3.05, 3.63) is 65.2 Å². The molecule has 0 radical (unpaired) electrons. The zero-order valence-electron chi connectivity index (χ0n) is 18.7. The zero-order valence-corrected chi connectivity index (χ0v) is 21.8. The van der Waals surface area contributed by atoms with Crippen LogP contribution < -0.4 is 16.0 Å². The van der Waals surface area contributed by atoms with Crippen molar-refractivity contribution in [3.8, 4) is 0 Å². The minimum Gasteiger partial charge on any atom is -0.462 e. The predicted molar refractivity (Wildman–Crippen MR) is 138 cm³/mol. The molecule has 0 saturated carbocycles. The summed E-state index contributed by atoms with van der Waals surface area (Å²) in [6.07, 6.45) is -1.16. The number of carbonyl (C=O) groups is 2. The third-order valence-electron chi connectivity index (χ3n) is 4.56. The summed E-state index contributed by atoms with van der Waals surface area (Å²) in [5.74, 6) is -0.956. The van der Waals surface area contributed by atoms with E-state index < -0.39 is 21.8 Å². The first-order valence-electron chi connectivity index (χ1n) is 10.1. The Bertz CT molecular complexity index is 1000. The molecule has 10 heteroatoms. The van der Waals surface area contributed by atoms with Crippen LogP contribution in [-0.2, 0) is 10.2 Å². The third kappa shape index (κ3) is 8.03. The van der Waals surface area contributed by atoms with Gasteiger partial charge in [0.1, 0.15) is 6.17 Å². The molecule has 3 N–H and O–H groups in total. The highest BCUT2D eigenvalue weighted by molar-refractivity contribution is 7.80. The molecule has 1 amide bonds. The Hall–Kier alpha value is -2.06. The first-order valence-corrected chi connectivity index (χ1v) is 11.7. The highest BCUT2D eigenvalue weighted by atomic mass is 35.6. The fourth-order valence-corrected chi connectivity index (χ4v) is 3.36. The van der Waals surface area contributed by atoms with Crippen molar-refractivity contribution < 1.29 is 14.3 Å². The lowest BCUT2D eigenvalue weighted by molar-refractivity contribution is 0.0527. The molecule has 6 nitrogen and oxygen atoms in total. The molecule has 2 rings (SSSR count). The van der Waals surface area contributed by atoms with Crippen LogP contribution in [0.3, 0.4) is 0 Å². The molecule has 0 aliphatic heterocycles. The van der Waals surface area contributed by atoms with Gasteiger partial charge < -0.3 is 20.7 Å². The van der Waals surface area contributed by atoms with Crippen molar-refractivity contribution in [1.82, 2.24) is 10.6 Å². The van der Waals surface area contributed by atoms with Gasteiger partial charge >= 0.3 is 5.97 Å². The summed E-state index contributed by atoms with van der Waals surface area (Å²) in [4.78, 5) is 24.9. The first kappa shape index (κ1) is 27.2. The van der Waals surface area contributed by atoms with Crippen LogP contribution in [0.25, 0.3) is 0 Å². The Morgan fingerprint density at radius 1 is 1.00 bits per heavy atom. The summed E-state index contributed by atoms with van der Waals surface area (Å²) >= 11 is 23.6. The maximum absolute atomic E-state index is 12.8. The minimum absolute atomic E-state index is 0.0338. The second-order valence-corrected chi connectivity index (χ2v) is 10.9. The molecular weight excluding hydrogens is 505 g/mol. The molecule has 0 aliphatic rings. The summed E-state index contributed by atoms with van der Waals surface area (Å²) < 4.78 is 3.13. The van der Waals surface area contributed by atoms with Crippen LogP contribution in [-0.4, -0.2) is 33.6 Å². The average Bonchev–Trinajstić information content (AvgIpc) is 2.72. The van der Waals surface area contributed by atoms with E-state index in [0.29, 0.717) is 11.3 Å². The van der Waals surface area contributed by atoms with E-state index in [1.165, 1.54) is 0 Å². The van der Waals surface area contributed by atoms with E-state index in [1.807, 2.05) is 12.1 Å². The summed E-state index contributed by atoms with van der Waals surface area (Å²) in [6, 6.07) is 13.8. The number of alkyl halides is 3. The first-order chi connectivity index (χ1) is 15.3. The monoisotopic (exact) mass is 529 g/mol. The number of nitrogens with one attached hydrogen (secondary N) is 3. The Labute approximate surface area is 214 Å². The van der Waals surface area contributed by atoms with E-state index in [4.69, 9.17) is 51.8 Å². The lowest BCUT2D eigenvalue weighted by Crippen LogP contribution is -2.56. The number of amides is 1. The quantitative estimate of drug-likeness (QED) is 0.196. The van der Waals surface area contributed by atoms with Crippen molar-refractivity contribution in [1.29, 1.82) is 0 Å². The molecule has 0 spiro atoms. The van der Waals surface area contributed by atoms with Gasteiger partial charge in [-0.3, -0.25) is 4.79 Å². The molecule has 0 aliphatic carbocycles. The lowest BCUT2D eigenvalue weighted by atomic mass is 9.87. The van der Waals surface area contributed by atoms with Gasteiger partial charge in [-0.15, -0.1) is 0 Å². The van der Waals surface area contributed by atoms with Crippen molar-refractivity contribution in [2.45, 2.75) is 43.1 Å². The van der Waals surface area contributed by atoms with Gasteiger partial charge in [0.15, 0.2) is 5.11 Å². The molecule has 1 atom stereocenters. The fraction of sp³-hybridized carbons (Fsp3) is 0.348. The summed E-state index contributed by atoms with van der Waals surface area (Å²) in [6.45, 7) is 8.19. The second kappa shape index (κ2) is 11.4. The fourth-order valence-electron chi connectivity index (χ4n) is 2.80. The van der Waals surface area contributed by atoms with E-state index in [0.717, 1.165) is 5.56 Å². The number of rotatable bonds is 6. The number of ether oxygens (including phenoxy) is 1. The number of hydrogen-bond acceptors (Lipinski definition) is 4. The Balaban J connectivity index is 2.13. The maximum atomic E-state index is 12.8. The van der Waals surface area contributed by atoms with Crippen molar-refractivity contribution in [2.24, 2.45) is 0 Å². The van der Waals surface area contributed by atoms with Crippen molar-refractivity contribution >= 4 is 69.7 Å². The maximum Gasteiger partial charge on any atom is 0.340 e. The van der Waals surface area contributed by atoms with E-state index in [9.17, 15) is 9.59 Å². The Morgan fingerprint density at radius 2 is 1.61 bits per heavy atom. The smallest absolute Gasteiger partial charge is 0.340 e. The number of anilines is 1. The van der Waals surface area contributed by atoms with Gasteiger partial charge in [0.25, 0.3) is 5.91 Å². The van der Waals surface area contributed by atoms with Gasteiger partial charge in [0, 0.05) is 5.56 Å². The van der Waals surface area contributed by atoms with E-state index >= 15 is 0 Å². The molecule has 2 aromatic carbocycles. The summed E-state index contributed by atoms with van der Waals surface area (Å²) in [5, 5.41) is 8.34. The number of para-hydroxylation sites is 1. The molecule has 0 bridgehead atoms. The van der Waals surface area contributed by atoms with E-state index in [1.54, 1.807) is 43.3 Å². The van der Waals surface area contributed by atoms with Crippen molar-refractivity contribution in [3.63, 3.8) is 0 Å². The number of esters is 1. The van der Waals surface area contributed by atoms with Gasteiger partial charge in [-0.2, -0.15) is 0 Å². The lowest BCUT2D eigenvalue weighted by Gasteiger charge is -2.28. The highest BCUT2D eigenvalue weighted by Gasteiger charge is 2.35. The van der Waals surface area contributed by atoms with Gasteiger partial charge in [-0.25, -0.2) is 4.79 Å². The Kier molecular flexibility index (Phi) is 9.38. The normalized spacial score (nSPS) is 12.5. The summed E-state index contributed by atoms with van der Waals surface area (Å²) in [5.41, 5.74) is 2.13. The minimum atomic E-state index is -1.92. The van der Waals surface area contributed by atoms with Crippen LogP contribution >= 0.6 is 47.0 Å². The van der Waals surface area contributed by atoms with Gasteiger partial charge in [0.05, 0.1) is 17.9 Å². The van der Waals surface area contributed by atoms with Crippen LogP contribution in [0.4, 0.5) is 5.69 Å². The number of benzene rings is 2. The third-order valence-corrected chi connectivity index (χ3v) is 5.44. The number of thiocarbonyl (C=S) groups is 1. The molecule has 0 saturated heterocycles. The van der Waals surface area contributed by atoms with Gasteiger partial charge in [-0.05, 0) is 54.4 Å². The largest absolute Gasteiger partial charge is 0.462 e. The van der Waals surface area contributed by atoms with E-state index in [-0.39, 0.29) is 22.7 Å². The molecular formula is C23H26Cl3N3O3S. The van der Waals surface area contributed by atoms with Crippen molar-refractivity contribution in [2.75, 3.05) is 11.9 Å². The molecule has 1 unspecified atom stereocenters. The number of carbonyl (C=O) groups excluding carboxylic acids is 2. The van der Waals surface area contributed by atoms with Crippen LogP contribution in [0.15, 0.2) is 48.5 Å². The van der Waals surface area contributed by atoms with E-state index in [2.05, 4.69) is 36.7 Å². The molecule has 0 heterocycles. The second-order valence-electron chi connectivity index (χ2n) is 8.14.